The first-order chi connectivity index (χ1) is 5.70. The predicted octanol–water partition coefficient (Wildman–Crippen LogP) is 2.97. The van der Waals surface area contributed by atoms with Gasteiger partial charge in [0.05, 0.1) is 6.10 Å². The summed E-state index contributed by atoms with van der Waals surface area (Å²) in [5.74, 6) is 1.62. The summed E-state index contributed by atoms with van der Waals surface area (Å²) in [6, 6.07) is 0. The summed E-state index contributed by atoms with van der Waals surface area (Å²) in [5, 5.41) is 9.25. The lowest BCUT2D eigenvalue weighted by atomic mass is 9.79. The fourth-order valence-electron chi connectivity index (χ4n) is 2.43. The zero-order valence-corrected chi connectivity index (χ0v) is 8.42. The molecule has 2 unspecified atom stereocenters. The molecule has 2 atom stereocenters. The molecule has 1 aliphatic rings. The Bertz CT molecular complexity index is 114. The number of aliphatic hydroxyl groups is 1. The Morgan fingerprint density at radius 1 is 1.17 bits per heavy atom. The molecule has 0 aromatic heterocycles. The zero-order valence-electron chi connectivity index (χ0n) is 8.42. The van der Waals surface area contributed by atoms with Crippen LogP contribution >= 0.6 is 0 Å². The van der Waals surface area contributed by atoms with E-state index in [0.29, 0.717) is 0 Å². The SMILES string of the molecule is CC(O)CC(C)C1CCCCC1. The summed E-state index contributed by atoms with van der Waals surface area (Å²) in [6.07, 6.45) is 7.93. The van der Waals surface area contributed by atoms with Crippen molar-refractivity contribution in [3.63, 3.8) is 0 Å². The topological polar surface area (TPSA) is 20.2 Å². The van der Waals surface area contributed by atoms with Crippen LogP contribution in [-0.2, 0) is 0 Å². The van der Waals surface area contributed by atoms with Gasteiger partial charge in [0.25, 0.3) is 0 Å². The van der Waals surface area contributed by atoms with E-state index in [1.54, 1.807) is 0 Å². The molecule has 1 saturated carbocycles. The lowest BCUT2D eigenvalue weighted by molar-refractivity contribution is 0.133. The highest BCUT2D eigenvalue weighted by atomic mass is 16.3. The minimum absolute atomic E-state index is 0.109. The van der Waals surface area contributed by atoms with Crippen LogP contribution in [0.4, 0.5) is 0 Å². The lowest BCUT2D eigenvalue weighted by Crippen LogP contribution is -2.19. The van der Waals surface area contributed by atoms with Crippen molar-refractivity contribution >= 4 is 0 Å². The Hall–Kier alpha value is -0.0400. The fourth-order valence-corrected chi connectivity index (χ4v) is 2.43. The van der Waals surface area contributed by atoms with Gasteiger partial charge in [-0.2, -0.15) is 0 Å². The van der Waals surface area contributed by atoms with Gasteiger partial charge in [-0.1, -0.05) is 39.0 Å². The van der Waals surface area contributed by atoms with Crippen LogP contribution in [-0.4, -0.2) is 11.2 Å². The van der Waals surface area contributed by atoms with Gasteiger partial charge in [-0.3, -0.25) is 0 Å². The van der Waals surface area contributed by atoms with Crippen molar-refractivity contribution in [2.75, 3.05) is 0 Å². The van der Waals surface area contributed by atoms with Crippen molar-refractivity contribution in [3.05, 3.63) is 0 Å². The van der Waals surface area contributed by atoms with Gasteiger partial charge in [0.15, 0.2) is 0 Å². The molecular weight excluding hydrogens is 148 g/mol. The van der Waals surface area contributed by atoms with Crippen LogP contribution in [0.2, 0.25) is 0 Å². The number of aliphatic hydroxyl groups excluding tert-OH is 1. The molecule has 72 valence electrons. The minimum Gasteiger partial charge on any atom is -0.393 e. The highest BCUT2D eigenvalue weighted by molar-refractivity contribution is 4.72. The monoisotopic (exact) mass is 170 g/mol. The first-order valence-electron chi connectivity index (χ1n) is 5.38. The van der Waals surface area contributed by atoms with Crippen LogP contribution in [0.25, 0.3) is 0 Å². The van der Waals surface area contributed by atoms with Crippen LogP contribution in [0, 0.1) is 11.8 Å². The van der Waals surface area contributed by atoms with E-state index in [2.05, 4.69) is 6.92 Å². The Labute approximate surface area is 76.2 Å². The predicted molar refractivity (Wildman–Crippen MR) is 52.0 cm³/mol. The highest BCUT2D eigenvalue weighted by Gasteiger charge is 2.20. The van der Waals surface area contributed by atoms with Crippen LogP contribution in [0.3, 0.4) is 0 Å². The molecule has 1 rings (SSSR count). The van der Waals surface area contributed by atoms with E-state index in [1.807, 2.05) is 6.92 Å². The number of rotatable bonds is 3. The van der Waals surface area contributed by atoms with Gasteiger partial charge in [-0.05, 0) is 25.2 Å². The molecular formula is C11H22O. The summed E-state index contributed by atoms with van der Waals surface area (Å²) in [5.41, 5.74) is 0. The third-order valence-corrected chi connectivity index (χ3v) is 3.17. The Morgan fingerprint density at radius 2 is 1.75 bits per heavy atom. The molecule has 0 aromatic carbocycles. The third-order valence-electron chi connectivity index (χ3n) is 3.17. The summed E-state index contributed by atoms with van der Waals surface area (Å²) >= 11 is 0. The summed E-state index contributed by atoms with van der Waals surface area (Å²) < 4.78 is 0. The van der Waals surface area contributed by atoms with Gasteiger partial charge in [-0.25, -0.2) is 0 Å². The fraction of sp³-hybridized carbons (Fsp3) is 1.00. The summed E-state index contributed by atoms with van der Waals surface area (Å²) in [6.45, 7) is 4.20. The van der Waals surface area contributed by atoms with Crippen molar-refractivity contribution in [2.24, 2.45) is 11.8 Å². The number of hydrogen-bond acceptors (Lipinski definition) is 1. The van der Waals surface area contributed by atoms with Gasteiger partial charge in [0.1, 0.15) is 0 Å². The minimum atomic E-state index is -0.109. The van der Waals surface area contributed by atoms with Crippen molar-refractivity contribution in [3.8, 4) is 0 Å². The molecule has 1 N–H and O–H groups in total. The van der Waals surface area contributed by atoms with Gasteiger partial charge in [-0.15, -0.1) is 0 Å². The van der Waals surface area contributed by atoms with Crippen molar-refractivity contribution in [2.45, 2.75) is 58.5 Å². The van der Waals surface area contributed by atoms with Crippen molar-refractivity contribution in [1.82, 2.24) is 0 Å². The molecule has 1 heteroatoms. The van der Waals surface area contributed by atoms with E-state index in [1.165, 1.54) is 32.1 Å². The smallest absolute Gasteiger partial charge is 0.0514 e. The Morgan fingerprint density at radius 3 is 2.25 bits per heavy atom. The van der Waals surface area contributed by atoms with Crippen LogP contribution in [0.15, 0.2) is 0 Å². The zero-order chi connectivity index (χ0) is 8.97. The molecule has 1 nitrogen and oxygen atoms in total. The first-order valence-corrected chi connectivity index (χ1v) is 5.38. The average Bonchev–Trinajstić information content (AvgIpc) is 2.05. The highest BCUT2D eigenvalue weighted by Crippen LogP contribution is 2.31. The summed E-state index contributed by atoms with van der Waals surface area (Å²) in [7, 11) is 0. The van der Waals surface area contributed by atoms with E-state index in [0.717, 1.165) is 18.3 Å². The first kappa shape index (κ1) is 10.0. The van der Waals surface area contributed by atoms with Crippen molar-refractivity contribution in [1.29, 1.82) is 0 Å². The lowest BCUT2D eigenvalue weighted by Gasteiger charge is -2.28. The molecule has 1 aliphatic carbocycles. The van der Waals surface area contributed by atoms with E-state index in [9.17, 15) is 5.11 Å². The molecule has 0 aromatic rings. The molecule has 0 amide bonds. The molecule has 0 saturated heterocycles. The van der Waals surface area contributed by atoms with Crippen LogP contribution in [0.1, 0.15) is 52.4 Å². The Balaban J connectivity index is 2.24. The van der Waals surface area contributed by atoms with Crippen molar-refractivity contribution < 1.29 is 5.11 Å². The van der Waals surface area contributed by atoms with E-state index in [4.69, 9.17) is 0 Å². The molecule has 0 bridgehead atoms. The van der Waals surface area contributed by atoms with Crippen LogP contribution < -0.4 is 0 Å². The van der Waals surface area contributed by atoms with Gasteiger partial charge in [0, 0.05) is 0 Å². The maximum atomic E-state index is 9.25. The number of hydrogen-bond donors (Lipinski definition) is 1. The van der Waals surface area contributed by atoms with Gasteiger partial charge in [0.2, 0.25) is 0 Å². The van der Waals surface area contributed by atoms with Gasteiger partial charge >= 0.3 is 0 Å². The quantitative estimate of drug-likeness (QED) is 0.690. The summed E-state index contributed by atoms with van der Waals surface area (Å²) in [4.78, 5) is 0. The van der Waals surface area contributed by atoms with E-state index >= 15 is 0 Å². The van der Waals surface area contributed by atoms with Gasteiger partial charge < -0.3 is 5.11 Å². The maximum absolute atomic E-state index is 9.25. The third kappa shape index (κ3) is 3.14. The Kier molecular flexibility index (Phi) is 4.07. The molecule has 0 aliphatic heterocycles. The molecule has 12 heavy (non-hydrogen) atoms. The van der Waals surface area contributed by atoms with E-state index < -0.39 is 0 Å². The van der Waals surface area contributed by atoms with E-state index in [-0.39, 0.29) is 6.10 Å². The second-order valence-electron chi connectivity index (χ2n) is 4.46. The average molecular weight is 170 g/mol. The normalized spacial score (nSPS) is 25.2. The van der Waals surface area contributed by atoms with Crippen LogP contribution in [0.5, 0.6) is 0 Å². The molecule has 0 radical (unpaired) electrons. The second kappa shape index (κ2) is 4.86. The standard InChI is InChI=1S/C11H22O/c1-9(8-10(2)12)11-6-4-3-5-7-11/h9-12H,3-8H2,1-2H3. The maximum Gasteiger partial charge on any atom is 0.0514 e. The molecule has 0 spiro atoms. The second-order valence-corrected chi connectivity index (χ2v) is 4.46. The molecule has 0 heterocycles. The molecule has 1 fully saturated rings. The largest absolute Gasteiger partial charge is 0.393 e.